The van der Waals surface area contributed by atoms with Gasteiger partial charge in [0.2, 0.25) is 0 Å². The largest absolute Gasteiger partial charge is 0.278 e. The van der Waals surface area contributed by atoms with Gasteiger partial charge >= 0.3 is 0 Å². The van der Waals surface area contributed by atoms with Crippen molar-refractivity contribution in [2.45, 2.75) is 12.8 Å². The van der Waals surface area contributed by atoms with Crippen LogP contribution in [0.15, 0.2) is 15.8 Å². The molecule has 0 spiro atoms. The van der Waals surface area contributed by atoms with Crippen molar-refractivity contribution in [1.29, 1.82) is 0 Å². The molecule has 3 heteroatoms. The first-order chi connectivity index (χ1) is 5.92. The number of thiophene rings is 1. The minimum absolute atomic E-state index is 0.996. The molecule has 0 atom stereocenters. The van der Waals surface area contributed by atoms with E-state index in [-0.39, 0.29) is 0 Å². The van der Waals surface area contributed by atoms with Gasteiger partial charge in [-0.05, 0) is 30.0 Å². The molecule has 0 bridgehead atoms. The topological polar surface area (TPSA) is 12.4 Å². The SMILES string of the molecule is CSC1=NCCCc2cscc21. The molecular weight excluding hydrogens is 186 g/mol. The lowest BCUT2D eigenvalue weighted by molar-refractivity contribution is 0.847. The summed E-state index contributed by atoms with van der Waals surface area (Å²) in [6, 6.07) is 0. The third-order valence-electron chi connectivity index (χ3n) is 2.03. The molecule has 64 valence electrons. The lowest BCUT2D eigenvalue weighted by Gasteiger charge is -1.99. The summed E-state index contributed by atoms with van der Waals surface area (Å²) in [5, 5.41) is 5.70. The van der Waals surface area contributed by atoms with Crippen molar-refractivity contribution in [3.05, 3.63) is 21.9 Å². The van der Waals surface area contributed by atoms with E-state index in [1.807, 2.05) is 0 Å². The Hall–Kier alpha value is -0.280. The van der Waals surface area contributed by atoms with E-state index in [2.05, 4.69) is 22.0 Å². The molecule has 2 heterocycles. The summed E-state index contributed by atoms with van der Waals surface area (Å²) in [5.41, 5.74) is 2.87. The molecule has 0 unspecified atom stereocenters. The number of hydrogen-bond acceptors (Lipinski definition) is 3. The van der Waals surface area contributed by atoms with Gasteiger partial charge in [-0.15, -0.1) is 11.8 Å². The lowest BCUT2D eigenvalue weighted by Crippen LogP contribution is -1.93. The van der Waals surface area contributed by atoms with E-state index in [0.29, 0.717) is 0 Å². The molecule has 0 aliphatic carbocycles. The van der Waals surface area contributed by atoms with Gasteiger partial charge in [-0.2, -0.15) is 11.3 Å². The molecule has 1 aliphatic rings. The molecule has 0 saturated heterocycles. The van der Waals surface area contributed by atoms with Crippen LogP contribution >= 0.6 is 23.1 Å². The van der Waals surface area contributed by atoms with Gasteiger partial charge in [0.1, 0.15) is 0 Å². The van der Waals surface area contributed by atoms with Crippen LogP contribution in [0.3, 0.4) is 0 Å². The molecule has 12 heavy (non-hydrogen) atoms. The maximum Gasteiger partial charge on any atom is 0.0985 e. The zero-order valence-electron chi connectivity index (χ0n) is 7.04. The molecule has 1 aromatic heterocycles. The van der Waals surface area contributed by atoms with E-state index in [0.717, 1.165) is 6.54 Å². The summed E-state index contributed by atoms with van der Waals surface area (Å²) < 4.78 is 0. The van der Waals surface area contributed by atoms with E-state index in [1.54, 1.807) is 23.1 Å². The average molecular weight is 197 g/mol. The van der Waals surface area contributed by atoms with Crippen molar-refractivity contribution in [2.75, 3.05) is 12.8 Å². The second-order valence-electron chi connectivity index (χ2n) is 2.81. The highest BCUT2D eigenvalue weighted by Crippen LogP contribution is 2.24. The van der Waals surface area contributed by atoms with E-state index in [1.165, 1.54) is 29.0 Å². The second kappa shape index (κ2) is 3.62. The maximum atomic E-state index is 4.54. The Morgan fingerprint density at radius 3 is 3.25 bits per heavy atom. The summed E-state index contributed by atoms with van der Waals surface area (Å²) in [7, 11) is 0. The van der Waals surface area contributed by atoms with Crippen molar-refractivity contribution in [1.82, 2.24) is 0 Å². The number of aryl methyl sites for hydroxylation is 1. The Morgan fingerprint density at radius 1 is 1.50 bits per heavy atom. The lowest BCUT2D eigenvalue weighted by atomic mass is 10.1. The van der Waals surface area contributed by atoms with Gasteiger partial charge in [-0.3, -0.25) is 4.99 Å². The summed E-state index contributed by atoms with van der Waals surface area (Å²) >= 11 is 3.55. The van der Waals surface area contributed by atoms with Crippen LogP contribution in [0.4, 0.5) is 0 Å². The molecule has 1 aliphatic heterocycles. The fourth-order valence-electron chi connectivity index (χ4n) is 1.41. The van der Waals surface area contributed by atoms with Crippen LogP contribution in [0.1, 0.15) is 17.5 Å². The minimum atomic E-state index is 0.996. The van der Waals surface area contributed by atoms with Crippen LogP contribution in [-0.4, -0.2) is 17.8 Å². The number of hydrogen-bond donors (Lipinski definition) is 0. The molecule has 0 radical (unpaired) electrons. The van der Waals surface area contributed by atoms with Crippen LogP contribution in [0, 0.1) is 0 Å². The van der Waals surface area contributed by atoms with Crippen molar-refractivity contribution in [2.24, 2.45) is 4.99 Å². The van der Waals surface area contributed by atoms with Crippen LogP contribution in [0.25, 0.3) is 0 Å². The molecule has 1 aromatic rings. The molecule has 0 aromatic carbocycles. The zero-order valence-corrected chi connectivity index (χ0v) is 8.67. The fraction of sp³-hybridized carbons (Fsp3) is 0.444. The number of rotatable bonds is 0. The van der Waals surface area contributed by atoms with Gasteiger partial charge in [0.25, 0.3) is 0 Å². The molecule has 1 nitrogen and oxygen atoms in total. The van der Waals surface area contributed by atoms with Gasteiger partial charge in [0.15, 0.2) is 0 Å². The van der Waals surface area contributed by atoms with E-state index < -0.39 is 0 Å². The third kappa shape index (κ3) is 1.43. The van der Waals surface area contributed by atoms with Gasteiger partial charge in [0.05, 0.1) is 5.04 Å². The van der Waals surface area contributed by atoms with E-state index in [4.69, 9.17) is 0 Å². The summed E-state index contributed by atoms with van der Waals surface area (Å²) in [6.07, 6.45) is 4.51. The molecule has 0 amide bonds. The summed E-state index contributed by atoms with van der Waals surface area (Å²) in [6.45, 7) is 0.996. The van der Waals surface area contributed by atoms with Gasteiger partial charge < -0.3 is 0 Å². The first-order valence-corrected chi connectivity index (χ1v) is 6.22. The molecule has 0 N–H and O–H groups in total. The van der Waals surface area contributed by atoms with E-state index >= 15 is 0 Å². The first kappa shape index (κ1) is 8.32. The van der Waals surface area contributed by atoms with E-state index in [9.17, 15) is 0 Å². The summed E-state index contributed by atoms with van der Waals surface area (Å²) in [5.74, 6) is 0. The van der Waals surface area contributed by atoms with Crippen molar-refractivity contribution >= 4 is 28.1 Å². The molecule has 2 rings (SSSR count). The summed E-state index contributed by atoms with van der Waals surface area (Å²) in [4.78, 5) is 4.54. The third-order valence-corrected chi connectivity index (χ3v) is 3.55. The predicted octanol–water partition coefficient (Wildman–Crippen LogP) is 2.80. The zero-order chi connectivity index (χ0) is 8.39. The highest BCUT2D eigenvalue weighted by Gasteiger charge is 2.11. The Balaban J connectivity index is 2.42. The highest BCUT2D eigenvalue weighted by molar-refractivity contribution is 8.13. The quantitative estimate of drug-likeness (QED) is 0.623. The smallest absolute Gasteiger partial charge is 0.0985 e. The monoisotopic (exact) mass is 197 g/mol. The Morgan fingerprint density at radius 2 is 2.42 bits per heavy atom. The number of aliphatic imine (C=N–C) groups is 1. The van der Waals surface area contributed by atoms with Crippen molar-refractivity contribution in [3.63, 3.8) is 0 Å². The van der Waals surface area contributed by atoms with Gasteiger partial charge in [0, 0.05) is 17.5 Å². The van der Waals surface area contributed by atoms with Crippen LogP contribution in [0.5, 0.6) is 0 Å². The van der Waals surface area contributed by atoms with Crippen LogP contribution in [0.2, 0.25) is 0 Å². The second-order valence-corrected chi connectivity index (χ2v) is 4.34. The van der Waals surface area contributed by atoms with Gasteiger partial charge in [-0.1, -0.05) is 0 Å². The number of nitrogens with zero attached hydrogens (tertiary/aromatic N) is 1. The van der Waals surface area contributed by atoms with Crippen molar-refractivity contribution in [3.8, 4) is 0 Å². The standard InChI is InChI=1S/C9H11NS2/c1-11-9-8-6-12-5-7(8)3-2-4-10-9/h5-6H,2-4H2,1H3. The average Bonchev–Trinajstić information content (AvgIpc) is 2.46. The number of fused-ring (bicyclic) bond motifs is 1. The van der Waals surface area contributed by atoms with Crippen LogP contribution < -0.4 is 0 Å². The normalized spacial score (nSPS) is 16.6. The fourth-order valence-corrected chi connectivity index (χ4v) is 3.00. The maximum absolute atomic E-state index is 4.54. The Kier molecular flexibility index (Phi) is 2.51. The first-order valence-electron chi connectivity index (χ1n) is 4.05. The Bertz CT molecular complexity index is 301. The van der Waals surface area contributed by atoms with Crippen molar-refractivity contribution < 1.29 is 0 Å². The molecule has 0 saturated carbocycles. The number of thioether (sulfide) groups is 1. The molecule has 0 fully saturated rings. The Labute approximate surface area is 80.9 Å². The van der Waals surface area contributed by atoms with Gasteiger partial charge in [-0.25, -0.2) is 0 Å². The van der Waals surface area contributed by atoms with Crippen LogP contribution in [-0.2, 0) is 6.42 Å². The highest BCUT2D eigenvalue weighted by atomic mass is 32.2. The molecular formula is C9H11NS2. The minimum Gasteiger partial charge on any atom is -0.278 e. The predicted molar refractivity (Wildman–Crippen MR) is 57.6 cm³/mol.